The van der Waals surface area contributed by atoms with Gasteiger partial charge < -0.3 is 9.64 Å². The van der Waals surface area contributed by atoms with Gasteiger partial charge in [-0.1, -0.05) is 6.07 Å². The molecule has 1 aromatic rings. The highest BCUT2D eigenvalue weighted by molar-refractivity contribution is 5.92. The molecule has 17 heavy (non-hydrogen) atoms. The second kappa shape index (κ2) is 5.98. The molecule has 0 unspecified atom stereocenters. The van der Waals surface area contributed by atoms with E-state index in [1.807, 2.05) is 13.0 Å². The normalized spacial score (nSPS) is 9.82. The van der Waals surface area contributed by atoms with E-state index in [2.05, 4.69) is 9.72 Å². The maximum absolute atomic E-state index is 11.9. The van der Waals surface area contributed by atoms with Crippen LogP contribution in [0.1, 0.15) is 22.6 Å². The number of aromatic nitrogens is 1. The van der Waals surface area contributed by atoms with Crippen LogP contribution < -0.4 is 0 Å². The molecule has 5 nitrogen and oxygen atoms in total. The summed E-state index contributed by atoms with van der Waals surface area (Å²) in [5.41, 5.74) is 1.18. The van der Waals surface area contributed by atoms with Gasteiger partial charge in [0.25, 0.3) is 5.91 Å². The first-order chi connectivity index (χ1) is 8.04. The smallest absolute Gasteiger partial charge is 0.307 e. The Morgan fingerprint density at radius 1 is 1.41 bits per heavy atom. The van der Waals surface area contributed by atoms with E-state index in [0.717, 1.165) is 5.69 Å². The van der Waals surface area contributed by atoms with Crippen LogP contribution in [0.4, 0.5) is 0 Å². The molecule has 0 radical (unpaired) electrons. The average Bonchev–Trinajstić information content (AvgIpc) is 2.34. The van der Waals surface area contributed by atoms with Crippen molar-refractivity contribution in [3.8, 4) is 0 Å². The van der Waals surface area contributed by atoms with Gasteiger partial charge in [0.05, 0.1) is 13.5 Å². The predicted molar refractivity (Wildman–Crippen MR) is 62.6 cm³/mol. The molecule has 0 N–H and O–H groups in total. The Labute approximate surface area is 100 Å². The molecule has 1 rings (SSSR count). The van der Waals surface area contributed by atoms with Crippen molar-refractivity contribution in [2.24, 2.45) is 0 Å². The fourth-order valence-electron chi connectivity index (χ4n) is 1.32. The van der Waals surface area contributed by atoms with Gasteiger partial charge in [0.15, 0.2) is 0 Å². The van der Waals surface area contributed by atoms with Crippen molar-refractivity contribution in [2.45, 2.75) is 13.3 Å². The van der Waals surface area contributed by atoms with Crippen molar-refractivity contribution in [2.75, 3.05) is 20.7 Å². The molecule has 0 spiro atoms. The Bertz CT molecular complexity index is 418. The van der Waals surface area contributed by atoms with Crippen LogP contribution in [0.5, 0.6) is 0 Å². The number of esters is 1. The van der Waals surface area contributed by atoms with Crippen LogP contribution in [-0.2, 0) is 9.53 Å². The van der Waals surface area contributed by atoms with Crippen molar-refractivity contribution in [1.82, 2.24) is 9.88 Å². The first kappa shape index (κ1) is 13.2. The first-order valence-corrected chi connectivity index (χ1v) is 5.30. The van der Waals surface area contributed by atoms with Crippen molar-refractivity contribution in [3.05, 3.63) is 29.6 Å². The molecule has 1 heterocycles. The largest absolute Gasteiger partial charge is 0.469 e. The van der Waals surface area contributed by atoms with Crippen LogP contribution in [0, 0.1) is 6.92 Å². The van der Waals surface area contributed by atoms with E-state index in [4.69, 9.17) is 0 Å². The monoisotopic (exact) mass is 236 g/mol. The molecule has 0 aromatic carbocycles. The molecule has 0 aliphatic carbocycles. The number of rotatable bonds is 4. The molecular weight excluding hydrogens is 220 g/mol. The average molecular weight is 236 g/mol. The Morgan fingerprint density at radius 2 is 2.12 bits per heavy atom. The minimum absolute atomic E-state index is 0.185. The van der Waals surface area contributed by atoms with E-state index in [0.29, 0.717) is 12.2 Å². The molecular formula is C12H16N2O3. The van der Waals surface area contributed by atoms with Gasteiger partial charge in [0.2, 0.25) is 0 Å². The van der Waals surface area contributed by atoms with Gasteiger partial charge in [-0.15, -0.1) is 0 Å². The summed E-state index contributed by atoms with van der Waals surface area (Å²) in [6.07, 6.45) is 0.185. The molecule has 0 bridgehead atoms. The van der Waals surface area contributed by atoms with Crippen molar-refractivity contribution in [1.29, 1.82) is 0 Å². The Morgan fingerprint density at radius 3 is 2.71 bits per heavy atom. The number of carbonyl (C=O) groups excluding carboxylic acids is 2. The van der Waals surface area contributed by atoms with Crippen molar-refractivity contribution >= 4 is 11.9 Å². The second-order valence-corrected chi connectivity index (χ2v) is 3.72. The lowest BCUT2D eigenvalue weighted by atomic mass is 10.3. The second-order valence-electron chi connectivity index (χ2n) is 3.72. The zero-order valence-corrected chi connectivity index (χ0v) is 10.3. The Hall–Kier alpha value is -1.91. The topological polar surface area (TPSA) is 59.5 Å². The maximum atomic E-state index is 11.9. The SMILES string of the molecule is COC(=O)CCN(C)C(=O)c1cccc(C)n1. The number of methoxy groups -OCH3 is 1. The molecule has 1 amide bonds. The highest BCUT2D eigenvalue weighted by Crippen LogP contribution is 2.03. The molecule has 5 heteroatoms. The molecule has 92 valence electrons. The number of aryl methyl sites for hydroxylation is 1. The molecule has 0 saturated carbocycles. The zero-order chi connectivity index (χ0) is 12.8. The van der Waals surface area contributed by atoms with E-state index in [9.17, 15) is 9.59 Å². The van der Waals surface area contributed by atoms with E-state index >= 15 is 0 Å². The molecule has 0 saturated heterocycles. The minimum atomic E-state index is -0.332. The van der Waals surface area contributed by atoms with Crippen LogP contribution in [-0.4, -0.2) is 42.5 Å². The van der Waals surface area contributed by atoms with Crippen LogP contribution in [0.2, 0.25) is 0 Å². The molecule has 0 aliphatic rings. The number of hydrogen-bond acceptors (Lipinski definition) is 4. The standard InChI is InChI=1S/C12H16N2O3/c1-9-5-4-6-10(13-9)12(16)14(2)8-7-11(15)17-3/h4-6H,7-8H2,1-3H3. The van der Waals surface area contributed by atoms with E-state index in [-0.39, 0.29) is 18.3 Å². The van der Waals surface area contributed by atoms with Gasteiger partial charge in [-0.05, 0) is 19.1 Å². The summed E-state index contributed by atoms with van der Waals surface area (Å²) in [6.45, 7) is 2.15. The van der Waals surface area contributed by atoms with Crippen LogP contribution in [0.3, 0.4) is 0 Å². The summed E-state index contributed by atoms with van der Waals surface area (Å²) in [5.74, 6) is -0.528. The van der Waals surface area contributed by atoms with Gasteiger partial charge in [-0.3, -0.25) is 9.59 Å². The number of carbonyl (C=O) groups is 2. The Balaban J connectivity index is 2.61. The lowest BCUT2D eigenvalue weighted by Crippen LogP contribution is -2.30. The maximum Gasteiger partial charge on any atom is 0.307 e. The summed E-state index contributed by atoms with van der Waals surface area (Å²) in [7, 11) is 2.96. The van der Waals surface area contributed by atoms with Gasteiger partial charge in [-0.25, -0.2) is 4.98 Å². The van der Waals surface area contributed by atoms with E-state index in [1.165, 1.54) is 12.0 Å². The van der Waals surface area contributed by atoms with Gasteiger partial charge in [-0.2, -0.15) is 0 Å². The minimum Gasteiger partial charge on any atom is -0.469 e. The number of nitrogens with zero attached hydrogens (tertiary/aromatic N) is 2. The quantitative estimate of drug-likeness (QED) is 0.732. The summed E-state index contributed by atoms with van der Waals surface area (Å²) < 4.78 is 4.51. The lowest BCUT2D eigenvalue weighted by Gasteiger charge is -2.15. The molecule has 0 atom stereocenters. The Kier molecular flexibility index (Phi) is 4.63. The summed E-state index contributed by atoms with van der Waals surface area (Å²) in [5, 5.41) is 0. The van der Waals surface area contributed by atoms with Gasteiger partial charge in [0.1, 0.15) is 5.69 Å². The fourth-order valence-corrected chi connectivity index (χ4v) is 1.32. The predicted octanol–water partition coefficient (Wildman–Crippen LogP) is 1.03. The highest BCUT2D eigenvalue weighted by atomic mass is 16.5. The van der Waals surface area contributed by atoms with Crippen molar-refractivity contribution < 1.29 is 14.3 Å². The molecule has 1 aromatic heterocycles. The van der Waals surface area contributed by atoms with E-state index in [1.54, 1.807) is 19.2 Å². The first-order valence-electron chi connectivity index (χ1n) is 5.30. The van der Waals surface area contributed by atoms with Crippen LogP contribution in [0.25, 0.3) is 0 Å². The summed E-state index contributed by atoms with van der Waals surface area (Å²) in [4.78, 5) is 28.5. The third-order valence-electron chi connectivity index (χ3n) is 2.33. The molecule has 0 fully saturated rings. The number of amides is 1. The van der Waals surface area contributed by atoms with Crippen LogP contribution in [0.15, 0.2) is 18.2 Å². The van der Waals surface area contributed by atoms with Crippen LogP contribution >= 0.6 is 0 Å². The van der Waals surface area contributed by atoms with Gasteiger partial charge >= 0.3 is 5.97 Å². The molecule has 0 aliphatic heterocycles. The zero-order valence-electron chi connectivity index (χ0n) is 10.3. The number of hydrogen-bond donors (Lipinski definition) is 0. The third kappa shape index (κ3) is 3.86. The van der Waals surface area contributed by atoms with Crippen molar-refractivity contribution in [3.63, 3.8) is 0 Å². The lowest BCUT2D eigenvalue weighted by molar-refractivity contribution is -0.140. The fraction of sp³-hybridized carbons (Fsp3) is 0.417. The number of ether oxygens (including phenoxy) is 1. The summed E-state index contributed by atoms with van der Waals surface area (Å²) >= 11 is 0. The van der Waals surface area contributed by atoms with E-state index < -0.39 is 0 Å². The summed E-state index contributed by atoms with van der Waals surface area (Å²) in [6, 6.07) is 5.26. The number of pyridine rings is 1. The third-order valence-corrected chi connectivity index (χ3v) is 2.33. The van der Waals surface area contributed by atoms with Gasteiger partial charge in [0, 0.05) is 19.3 Å². The highest BCUT2D eigenvalue weighted by Gasteiger charge is 2.14.